The Balaban J connectivity index is 1.16. The number of thiophene rings is 1. The Morgan fingerprint density at radius 2 is 1.53 bits per heavy atom. The Morgan fingerprint density at radius 1 is 0.898 bits per heavy atom. The number of hydrogen-bond donors (Lipinski definition) is 1. The lowest BCUT2D eigenvalue weighted by molar-refractivity contribution is -0.154. The summed E-state index contributed by atoms with van der Waals surface area (Å²) in [6.45, 7) is 6.57. The van der Waals surface area contributed by atoms with Crippen LogP contribution in [0.25, 0.3) is 33.6 Å². The van der Waals surface area contributed by atoms with Crippen LogP contribution in [0.1, 0.15) is 47.3 Å². The van der Waals surface area contributed by atoms with Gasteiger partial charge in [0.05, 0.1) is 10.8 Å². The molecule has 0 unspecified atom stereocenters. The molecule has 1 saturated heterocycles. The van der Waals surface area contributed by atoms with Crippen LogP contribution in [-0.2, 0) is 21.4 Å². The number of amides is 1. The Morgan fingerprint density at radius 3 is 2.12 bits per heavy atom. The van der Waals surface area contributed by atoms with E-state index in [0.29, 0.717) is 33.3 Å². The first-order chi connectivity index (χ1) is 23.4. The van der Waals surface area contributed by atoms with Crippen LogP contribution in [0, 0.1) is 17.7 Å². The predicted octanol–water partition coefficient (Wildman–Crippen LogP) is 8.60. The topological polar surface area (TPSA) is 100 Å². The van der Waals surface area contributed by atoms with Gasteiger partial charge in [0.2, 0.25) is 5.91 Å². The van der Waals surface area contributed by atoms with Crippen molar-refractivity contribution in [2.24, 2.45) is 11.8 Å². The van der Waals surface area contributed by atoms with Gasteiger partial charge in [-0.3, -0.25) is 14.4 Å². The summed E-state index contributed by atoms with van der Waals surface area (Å²) in [5.41, 5.74) is 4.03. The third kappa shape index (κ3) is 7.79. The van der Waals surface area contributed by atoms with Crippen molar-refractivity contribution in [1.82, 2.24) is 14.9 Å². The summed E-state index contributed by atoms with van der Waals surface area (Å²) >= 11 is 7.43. The number of hydrogen-bond acceptors (Lipinski definition) is 6. The van der Waals surface area contributed by atoms with Gasteiger partial charge in [-0.15, -0.1) is 11.3 Å². The number of carboxylic acid groups (broad SMARTS) is 1. The van der Waals surface area contributed by atoms with E-state index in [4.69, 9.17) is 11.6 Å². The zero-order valence-electron chi connectivity index (χ0n) is 27.3. The number of benzene rings is 3. The number of aromatic nitrogens is 2. The smallest absolute Gasteiger partial charge is 0.310 e. The molecule has 1 fully saturated rings. The molecule has 1 N–H and O–H groups in total. The molecule has 10 heteroatoms. The van der Waals surface area contributed by atoms with Gasteiger partial charge >= 0.3 is 5.97 Å². The first-order valence-electron chi connectivity index (χ1n) is 16.0. The number of likely N-dealkylation sites (tertiary alicyclic amines) is 1. The molecule has 0 aliphatic carbocycles. The summed E-state index contributed by atoms with van der Waals surface area (Å²) in [4.78, 5) is 50.5. The van der Waals surface area contributed by atoms with Crippen molar-refractivity contribution in [2.45, 2.75) is 39.0 Å². The van der Waals surface area contributed by atoms with Crippen molar-refractivity contribution in [3.63, 3.8) is 0 Å². The minimum absolute atomic E-state index is 0.0285. The van der Waals surface area contributed by atoms with Crippen molar-refractivity contribution < 1.29 is 23.9 Å². The van der Waals surface area contributed by atoms with E-state index in [0.717, 1.165) is 27.1 Å². The third-order valence-corrected chi connectivity index (χ3v) is 10.6. The fourth-order valence-corrected chi connectivity index (χ4v) is 6.94. The molecule has 49 heavy (non-hydrogen) atoms. The molecule has 5 aromatic rings. The molecule has 1 amide bonds. The fourth-order valence-electron chi connectivity index (χ4n) is 5.80. The van der Waals surface area contributed by atoms with Gasteiger partial charge in [-0.25, -0.2) is 14.4 Å². The first-order valence-corrected chi connectivity index (χ1v) is 17.2. The largest absolute Gasteiger partial charge is 0.481 e. The molecule has 0 saturated carbocycles. The SMILES string of the molecule is CC(C)(C)c1ccc(C(=O)C[C@@H](Cc2ccc(-c3ncc(-c4ccc(-c5ccc(Cl)cc5)cc4F)cn3)cc2)C(=O)N2CC(C(=O)O)C2)s1. The van der Waals surface area contributed by atoms with Crippen LogP contribution in [0.15, 0.2) is 91.3 Å². The quantitative estimate of drug-likeness (QED) is 0.147. The molecule has 0 bridgehead atoms. The lowest BCUT2D eigenvalue weighted by Crippen LogP contribution is -2.55. The number of nitrogens with zero attached hydrogens (tertiary/aromatic N) is 3. The number of ketones is 1. The number of carbonyl (C=O) groups is 3. The highest BCUT2D eigenvalue weighted by molar-refractivity contribution is 7.14. The number of Topliss-reactive ketones (excluding diaryl/α,β-unsaturated/α-hetero) is 1. The zero-order chi connectivity index (χ0) is 34.9. The molecule has 250 valence electrons. The summed E-state index contributed by atoms with van der Waals surface area (Å²) < 4.78 is 15.1. The van der Waals surface area contributed by atoms with Gasteiger partial charge in [0.1, 0.15) is 5.82 Å². The van der Waals surface area contributed by atoms with Crippen LogP contribution >= 0.6 is 22.9 Å². The van der Waals surface area contributed by atoms with E-state index >= 15 is 4.39 Å². The fraction of sp³-hybridized carbons (Fsp3) is 0.256. The van der Waals surface area contributed by atoms with Gasteiger partial charge in [-0.2, -0.15) is 0 Å². The maximum absolute atomic E-state index is 15.1. The van der Waals surface area contributed by atoms with Crippen LogP contribution in [0.5, 0.6) is 0 Å². The van der Waals surface area contributed by atoms with Crippen LogP contribution < -0.4 is 0 Å². The van der Waals surface area contributed by atoms with Crippen molar-refractivity contribution in [2.75, 3.05) is 13.1 Å². The van der Waals surface area contributed by atoms with Crippen LogP contribution in [0.2, 0.25) is 5.02 Å². The molecule has 6 rings (SSSR count). The Hall–Kier alpha value is -4.73. The van der Waals surface area contributed by atoms with Crippen molar-refractivity contribution in [3.05, 3.63) is 117 Å². The van der Waals surface area contributed by atoms with E-state index in [-0.39, 0.29) is 42.4 Å². The summed E-state index contributed by atoms with van der Waals surface area (Å²) in [7, 11) is 0. The summed E-state index contributed by atoms with van der Waals surface area (Å²) in [5, 5.41) is 9.92. The number of aliphatic carboxylic acids is 1. The molecule has 1 atom stereocenters. The maximum atomic E-state index is 15.1. The second kappa shape index (κ2) is 14.0. The molecule has 0 radical (unpaired) electrons. The van der Waals surface area contributed by atoms with E-state index in [1.807, 2.05) is 54.6 Å². The number of halogens is 2. The van der Waals surface area contributed by atoms with E-state index in [9.17, 15) is 19.5 Å². The number of carbonyl (C=O) groups excluding carboxylic acids is 2. The van der Waals surface area contributed by atoms with E-state index in [1.54, 1.807) is 30.6 Å². The van der Waals surface area contributed by atoms with E-state index < -0.39 is 17.8 Å². The highest BCUT2D eigenvalue weighted by Crippen LogP contribution is 2.32. The molecule has 1 aliphatic heterocycles. The van der Waals surface area contributed by atoms with Gasteiger partial charge in [0.15, 0.2) is 11.6 Å². The van der Waals surface area contributed by atoms with Crippen molar-refractivity contribution >= 4 is 40.6 Å². The first kappa shape index (κ1) is 34.1. The maximum Gasteiger partial charge on any atom is 0.310 e. The summed E-state index contributed by atoms with van der Waals surface area (Å²) in [5.74, 6) is -2.38. The molecule has 7 nitrogen and oxygen atoms in total. The van der Waals surface area contributed by atoms with E-state index in [2.05, 4.69) is 30.7 Å². The minimum Gasteiger partial charge on any atom is -0.481 e. The lowest BCUT2D eigenvalue weighted by atomic mass is 9.89. The monoisotopic (exact) mass is 695 g/mol. The second-order valence-electron chi connectivity index (χ2n) is 13.4. The molecule has 0 spiro atoms. The van der Waals surface area contributed by atoms with Crippen molar-refractivity contribution in [1.29, 1.82) is 0 Å². The third-order valence-electron chi connectivity index (χ3n) is 8.75. The van der Waals surface area contributed by atoms with Gasteiger partial charge in [0, 0.05) is 64.4 Å². The summed E-state index contributed by atoms with van der Waals surface area (Å²) in [6.07, 6.45) is 3.52. The van der Waals surface area contributed by atoms with Gasteiger partial charge in [-0.05, 0) is 58.9 Å². The Kier molecular flexibility index (Phi) is 9.77. The molecule has 2 aromatic heterocycles. The Bertz CT molecular complexity index is 2000. The van der Waals surface area contributed by atoms with Gasteiger partial charge < -0.3 is 10.0 Å². The lowest BCUT2D eigenvalue weighted by Gasteiger charge is -2.38. The van der Waals surface area contributed by atoms with Crippen molar-refractivity contribution in [3.8, 4) is 33.6 Å². The highest BCUT2D eigenvalue weighted by atomic mass is 35.5. The molecule has 3 heterocycles. The normalized spacial score (nSPS) is 13.9. The van der Waals surface area contributed by atoms with Crippen LogP contribution in [-0.4, -0.2) is 50.7 Å². The van der Waals surface area contributed by atoms with Gasteiger partial charge in [0.25, 0.3) is 0 Å². The average Bonchev–Trinajstić information content (AvgIpc) is 3.56. The minimum atomic E-state index is -0.923. The predicted molar refractivity (Wildman–Crippen MR) is 190 cm³/mol. The molecular weight excluding hydrogens is 661 g/mol. The second-order valence-corrected chi connectivity index (χ2v) is 14.9. The summed E-state index contributed by atoms with van der Waals surface area (Å²) in [6, 6.07) is 23.5. The Labute approximate surface area is 293 Å². The molecular formula is C39H35ClFN3O4S. The molecule has 3 aromatic carbocycles. The van der Waals surface area contributed by atoms with E-state index in [1.165, 1.54) is 22.3 Å². The van der Waals surface area contributed by atoms with Crippen LogP contribution in [0.3, 0.4) is 0 Å². The molecule has 1 aliphatic rings. The zero-order valence-corrected chi connectivity index (χ0v) is 28.9. The van der Waals surface area contributed by atoms with Crippen LogP contribution in [0.4, 0.5) is 4.39 Å². The van der Waals surface area contributed by atoms with Gasteiger partial charge in [-0.1, -0.05) is 80.9 Å². The average molecular weight is 696 g/mol. The number of rotatable bonds is 10. The standard InChI is InChI=1S/C39H35ClFN3O4S/c1-39(2,3)35-15-14-34(49-35)33(45)18-27(37(46)44-21-29(22-44)38(47)48)16-23-4-6-25(7-5-23)36-42-19-28(20-43-36)31-13-10-26(17-32(31)41)24-8-11-30(40)12-9-24/h4-15,17,19-20,27,29H,16,18,21-22H2,1-3H3,(H,47,48)/t27-/m1/s1. The highest BCUT2D eigenvalue weighted by Gasteiger charge is 2.39. The number of carboxylic acids is 1.